The molecule has 9 nitrogen and oxygen atoms in total. The number of carbonyl (C=O) groups excluding carboxylic acids is 3. The van der Waals surface area contributed by atoms with Crippen molar-refractivity contribution in [1.29, 1.82) is 0 Å². The molecule has 0 aliphatic heterocycles. The van der Waals surface area contributed by atoms with Gasteiger partial charge in [-0.1, -0.05) is 48.0 Å². The summed E-state index contributed by atoms with van der Waals surface area (Å²) >= 11 is 0. The van der Waals surface area contributed by atoms with Gasteiger partial charge in [-0.3, -0.25) is 25.2 Å². The predicted octanol–water partition coefficient (Wildman–Crippen LogP) is 1.77. The van der Waals surface area contributed by atoms with Crippen molar-refractivity contribution >= 4 is 17.6 Å². The van der Waals surface area contributed by atoms with Crippen LogP contribution < -0.4 is 10.9 Å². The molecule has 0 aliphatic carbocycles. The monoisotopic (exact) mass is 406 g/mol. The summed E-state index contributed by atoms with van der Waals surface area (Å²) in [5.74, 6) is -0.685. The summed E-state index contributed by atoms with van der Waals surface area (Å²) in [5, 5.41) is 11.9. The molecule has 1 aromatic heterocycles. The normalized spacial score (nSPS) is 10.5. The van der Waals surface area contributed by atoms with Crippen LogP contribution in [0.4, 0.5) is 0 Å². The molecule has 0 saturated carbocycles. The first kappa shape index (κ1) is 20.8. The first-order chi connectivity index (χ1) is 14.4. The van der Waals surface area contributed by atoms with Gasteiger partial charge in [0.1, 0.15) is 6.54 Å². The molecule has 0 bridgehead atoms. The number of hydrogen-bond donors (Lipinski definition) is 2. The van der Waals surface area contributed by atoms with Crippen LogP contribution in [0, 0.1) is 13.8 Å². The van der Waals surface area contributed by atoms with Gasteiger partial charge in [0.05, 0.1) is 0 Å². The summed E-state index contributed by atoms with van der Waals surface area (Å²) < 4.78 is 0. The lowest BCUT2D eigenvalue weighted by Gasteiger charge is -2.08. The molecule has 1 heterocycles. The molecule has 0 saturated heterocycles. The van der Waals surface area contributed by atoms with Crippen molar-refractivity contribution in [3.05, 3.63) is 65.2 Å². The number of amides is 2. The minimum atomic E-state index is -0.513. The van der Waals surface area contributed by atoms with E-state index in [0.29, 0.717) is 11.4 Å². The first-order valence-corrected chi connectivity index (χ1v) is 9.44. The number of ketones is 1. The highest BCUT2D eigenvalue weighted by molar-refractivity contribution is 5.99. The molecule has 9 heteroatoms. The maximum atomic E-state index is 12.3. The van der Waals surface area contributed by atoms with Gasteiger partial charge in [0.15, 0.2) is 5.78 Å². The molecule has 0 aliphatic rings. The minimum absolute atomic E-state index is 0.0355. The molecular formula is C21H22N6O3. The Morgan fingerprint density at radius 1 is 0.933 bits per heavy atom. The number of nitrogens with one attached hydrogen (secondary N) is 2. The van der Waals surface area contributed by atoms with Crippen LogP contribution >= 0.6 is 0 Å². The number of carbonyl (C=O) groups is 3. The number of Topliss-reactive ketones (excluding diaryl/α,β-unsaturated/α-hetero) is 1. The van der Waals surface area contributed by atoms with E-state index in [1.807, 2.05) is 62.4 Å². The SMILES string of the molecule is Cc1ccc(C)c(C(=O)CCC(=O)NNC(=O)Cn2nnc(-c3ccccc3)n2)c1. The Hall–Kier alpha value is -3.88. The topological polar surface area (TPSA) is 119 Å². The highest BCUT2D eigenvalue weighted by Crippen LogP contribution is 2.14. The van der Waals surface area contributed by atoms with Gasteiger partial charge >= 0.3 is 0 Å². The van der Waals surface area contributed by atoms with Crippen LogP contribution in [-0.2, 0) is 16.1 Å². The lowest BCUT2D eigenvalue weighted by atomic mass is 9.99. The van der Waals surface area contributed by atoms with Gasteiger partial charge in [-0.25, -0.2) is 0 Å². The first-order valence-electron chi connectivity index (χ1n) is 9.44. The number of benzene rings is 2. The van der Waals surface area contributed by atoms with E-state index in [1.165, 1.54) is 0 Å². The second-order valence-electron chi connectivity index (χ2n) is 6.85. The van der Waals surface area contributed by atoms with Crippen molar-refractivity contribution in [2.24, 2.45) is 0 Å². The number of tetrazole rings is 1. The molecule has 0 atom stereocenters. The fraction of sp³-hybridized carbons (Fsp3) is 0.238. The van der Waals surface area contributed by atoms with Crippen LogP contribution in [0.2, 0.25) is 0 Å². The van der Waals surface area contributed by atoms with E-state index in [-0.39, 0.29) is 25.2 Å². The fourth-order valence-corrected chi connectivity index (χ4v) is 2.78. The number of hydrogen-bond acceptors (Lipinski definition) is 6. The van der Waals surface area contributed by atoms with E-state index < -0.39 is 11.8 Å². The second kappa shape index (κ2) is 9.55. The standard InChI is InChI=1S/C21H22N6O3/c1-14-8-9-15(2)17(12-14)18(28)10-11-19(29)22-23-20(30)13-27-25-21(24-26-27)16-6-4-3-5-7-16/h3-9,12H,10-11,13H2,1-2H3,(H,22,29)(H,23,30). The number of aromatic nitrogens is 4. The molecule has 0 radical (unpaired) electrons. The van der Waals surface area contributed by atoms with E-state index in [9.17, 15) is 14.4 Å². The molecule has 0 spiro atoms. The van der Waals surface area contributed by atoms with Gasteiger partial charge in [-0.15, -0.1) is 10.2 Å². The number of rotatable bonds is 7. The van der Waals surface area contributed by atoms with E-state index in [2.05, 4.69) is 26.3 Å². The average molecular weight is 406 g/mol. The van der Waals surface area contributed by atoms with Crippen LogP contribution in [0.25, 0.3) is 11.4 Å². The summed E-state index contributed by atoms with van der Waals surface area (Å²) in [4.78, 5) is 37.4. The van der Waals surface area contributed by atoms with Crippen molar-refractivity contribution in [2.75, 3.05) is 0 Å². The van der Waals surface area contributed by atoms with Gasteiger partial charge in [0.2, 0.25) is 11.7 Å². The zero-order chi connectivity index (χ0) is 21.5. The van der Waals surface area contributed by atoms with Gasteiger partial charge in [0, 0.05) is 24.0 Å². The lowest BCUT2D eigenvalue weighted by Crippen LogP contribution is -2.43. The molecule has 3 rings (SSSR count). The minimum Gasteiger partial charge on any atom is -0.294 e. The molecule has 0 unspecified atom stereocenters. The molecule has 2 N–H and O–H groups in total. The smallest absolute Gasteiger partial charge is 0.262 e. The van der Waals surface area contributed by atoms with Crippen molar-refractivity contribution in [2.45, 2.75) is 33.2 Å². The quantitative estimate of drug-likeness (QED) is 0.456. The molecule has 30 heavy (non-hydrogen) atoms. The van der Waals surface area contributed by atoms with Crippen molar-refractivity contribution in [3.8, 4) is 11.4 Å². The molecule has 2 aromatic carbocycles. The fourth-order valence-electron chi connectivity index (χ4n) is 2.78. The van der Waals surface area contributed by atoms with E-state index in [1.54, 1.807) is 0 Å². The summed E-state index contributed by atoms with van der Waals surface area (Å²) in [7, 11) is 0. The lowest BCUT2D eigenvalue weighted by molar-refractivity contribution is -0.129. The zero-order valence-corrected chi connectivity index (χ0v) is 16.8. The maximum absolute atomic E-state index is 12.3. The van der Waals surface area contributed by atoms with Crippen LogP contribution in [0.3, 0.4) is 0 Å². The molecule has 3 aromatic rings. The number of hydrazine groups is 1. The Morgan fingerprint density at radius 2 is 1.67 bits per heavy atom. The van der Waals surface area contributed by atoms with E-state index in [4.69, 9.17) is 0 Å². The van der Waals surface area contributed by atoms with Crippen molar-refractivity contribution < 1.29 is 14.4 Å². The Bertz CT molecular complexity index is 1060. The third-order valence-corrected chi connectivity index (χ3v) is 4.38. The molecule has 0 fully saturated rings. The second-order valence-corrected chi connectivity index (χ2v) is 6.85. The van der Waals surface area contributed by atoms with Gasteiger partial charge in [-0.05, 0) is 30.7 Å². The van der Waals surface area contributed by atoms with Crippen LogP contribution in [0.5, 0.6) is 0 Å². The predicted molar refractivity (Wildman–Crippen MR) is 109 cm³/mol. The Morgan fingerprint density at radius 3 is 2.43 bits per heavy atom. The Labute approximate surface area is 173 Å². The van der Waals surface area contributed by atoms with E-state index in [0.717, 1.165) is 21.5 Å². The molecular weight excluding hydrogens is 384 g/mol. The third kappa shape index (κ3) is 5.57. The number of aryl methyl sites for hydroxylation is 2. The molecule has 154 valence electrons. The van der Waals surface area contributed by atoms with Crippen LogP contribution in [0.1, 0.15) is 34.3 Å². The Balaban J connectivity index is 1.43. The van der Waals surface area contributed by atoms with Gasteiger partial charge in [-0.2, -0.15) is 4.80 Å². The summed E-state index contributed by atoms with van der Waals surface area (Å²) in [6.45, 7) is 3.56. The molecule has 2 amide bonds. The van der Waals surface area contributed by atoms with Gasteiger partial charge < -0.3 is 0 Å². The van der Waals surface area contributed by atoms with Crippen LogP contribution in [-0.4, -0.2) is 37.8 Å². The third-order valence-electron chi connectivity index (χ3n) is 4.38. The highest BCUT2D eigenvalue weighted by Gasteiger charge is 2.13. The maximum Gasteiger partial charge on any atom is 0.262 e. The highest BCUT2D eigenvalue weighted by atomic mass is 16.2. The average Bonchev–Trinajstić information content (AvgIpc) is 3.21. The number of nitrogens with zero attached hydrogens (tertiary/aromatic N) is 4. The van der Waals surface area contributed by atoms with Crippen molar-refractivity contribution in [3.63, 3.8) is 0 Å². The zero-order valence-electron chi connectivity index (χ0n) is 16.8. The summed E-state index contributed by atoms with van der Waals surface area (Å²) in [5.41, 5.74) is 7.83. The van der Waals surface area contributed by atoms with Crippen molar-refractivity contribution in [1.82, 2.24) is 31.1 Å². The summed E-state index contributed by atoms with van der Waals surface area (Å²) in [6.07, 6.45) is 0.0172. The van der Waals surface area contributed by atoms with Crippen LogP contribution in [0.15, 0.2) is 48.5 Å². The Kier molecular flexibility index (Phi) is 6.63. The van der Waals surface area contributed by atoms with E-state index >= 15 is 0 Å². The largest absolute Gasteiger partial charge is 0.294 e. The summed E-state index contributed by atoms with van der Waals surface area (Å²) in [6, 6.07) is 14.9. The van der Waals surface area contributed by atoms with Gasteiger partial charge in [0.25, 0.3) is 5.91 Å².